The van der Waals surface area contributed by atoms with Crippen molar-refractivity contribution in [3.8, 4) is 0 Å². The van der Waals surface area contributed by atoms with Crippen molar-refractivity contribution in [1.29, 1.82) is 16.2 Å². The number of nitrogens with two attached hydrogens (primary N) is 9. The molecular weight excluding hydrogens is 1590 g/mol. The lowest BCUT2D eigenvalue weighted by molar-refractivity contribution is -0.137. The Kier molecular flexibility index (Phi) is 47.0. The zero-order valence-electron chi connectivity index (χ0n) is 68.8. The molecule has 44 nitrogen and oxygen atoms in total. The summed E-state index contributed by atoms with van der Waals surface area (Å²) < 4.78 is 0. The number of aromatic nitrogens is 1. The maximum absolute atomic E-state index is 15.0. The number of benzene rings is 2. The first-order valence-corrected chi connectivity index (χ1v) is 41.2. The molecule has 3 rings (SSSR count). The summed E-state index contributed by atoms with van der Waals surface area (Å²) in [6, 6.07) is -2.86. The van der Waals surface area contributed by atoms with Gasteiger partial charge < -0.3 is 136 Å². The molecule has 0 saturated heterocycles. The third-order valence-electron chi connectivity index (χ3n) is 18.9. The van der Waals surface area contributed by atoms with Crippen molar-refractivity contribution in [3.05, 3.63) is 71.9 Å². The summed E-state index contributed by atoms with van der Waals surface area (Å²) >= 11 is 1.23. The van der Waals surface area contributed by atoms with E-state index in [0.29, 0.717) is 47.8 Å². The van der Waals surface area contributed by atoms with Crippen LogP contribution in [0.1, 0.15) is 147 Å². The second kappa shape index (κ2) is 55.4. The van der Waals surface area contributed by atoms with Crippen molar-refractivity contribution in [2.75, 3.05) is 44.7 Å². The number of amides is 16. The van der Waals surface area contributed by atoms with E-state index in [1.165, 1.54) is 18.7 Å². The molecule has 1 heterocycles. The van der Waals surface area contributed by atoms with Gasteiger partial charge in [-0.2, -0.15) is 11.8 Å². The third-order valence-corrected chi connectivity index (χ3v) is 19.5. The minimum absolute atomic E-state index is 0.0119. The average Bonchev–Trinajstić information content (AvgIpc) is 1.75. The number of nitrogens with one attached hydrogen (secondary N) is 19. The highest BCUT2D eigenvalue weighted by Gasteiger charge is 2.39. The van der Waals surface area contributed by atoms with Crippen molar-refractivity contribution >= 4 is 135 Å². The highest BCUT2D eigenvalue weighted by Crippen LogP contribution is 2.21. The second-order valence-corrected chi connectivity index (χ2v) is 30.2. The van der Waals surface area contributed by atoms with Gasteiger partial charge in [0.05, 0.1) is 6.42 Å². The first-order valence-electron chi connectivity index (χ1n) is 39.9. The van der Waals surface area contributed by atoms with E-state index in [1.54, 1.807) is 80.9 Å². The van der Waals surface area contributed by atoms with Gasteiger partial charge in [-0.25, -0.2) is 0 Å². The van der Waals surface area contributed by atoms with Crippen LogP contribution in [0.5, 0.6) is 0 Å². The van der Waals surface area contributed by atoms with Crippen LogP contribution in [0, 0.1) is 22.1 Å². The number of para-hydroxylation sites is 1. The minimum Gasteiger partial charge on any atom is -0.370 e. The van der Waals surface area contributed by atoms with Gasteiger partial charge in [-0.1, -0.05) is 62.4 Å². The molecule has 670 valence electrons. The molecule has 0 aliphatic rings. The van der Waals surface area contributed by atoms with E-state index < -0.39 is 217 Å². The number of unbranched alkanes of at least 4 members (excludes halogenated alkanes) is 2. The van der Waals surface area contributed by atoms with Gasteiger partial charge in [0.2, 0.25) is 94.5 Å². The van der Waals surface area contributed by atoms with Crippen LogP contribution in [0.25, 0.3) is 10.9 Å². The van der Waals surface area contributed by atoms with Gasteiger partial charge in [-0.3, -0.25) is 92.9 Å². The first kappa shape index (κ1) is 103. The Labute approximate surface area is 705 Å². The van der Waals surface area contributed by atoms with Gasteiger partial charge in [0.15, 0.2) is 17.9 Å². The molecule has 37 N–H and O–H groups in total. The number of fused-ring (bicyclic) bond motifs is 1. The normalized spacial score (nSPS) is 14.0. The van der Waals surface area contributed by atoms with Gasteiger partial charge in [0, 0.05) is 69.3 Å². The number of rotatable bonds is 60. The molecule has 1 aromatic heterocycles. The molecule has 0 spiro atoms. The number of carbonyl (C=O) groups excluding carboxylic acids is 16. The van der Waals surface area contributed by atoms with Crippen LogP contribution in [0.15, 0.2) is 60.8 Å². The van der Waals surface area contributed by atoms with Crippen LogP contribution in [-0.2, 0) is 89.6 Å². The fraction of sp³-hybridized carbons (Fsp3) is 0.566. The summed E-state index contributed by atoms with van der Waals surface area (Å²) in [6.07, 6.45) is 0.965. The van der Waals surface area contributed by atoms with Crippen molar-refractivity contribution in [2.24, 2.45) is 57.5 Å². The van der Waals surface area contributed by atoms with E-state index in [-0.39, 0.29) is 115 Å². The third kappa shape index (κ3) is 40.3. The first-order chi connectivity index (χ1) is 57.4. The van der Waals surface area contributed by atoms with E-state index >= 15 is 0 Å². The zero-order chi connectivity index (χ0) is 90.3. The molecule has 0 bridgehead atoms. The van der Waals surface area contributed by atoms with Crippen LogP contribution in [0.4, 0.5) is 0 Å². The smallest absolute Gasteiger partial charge is 0.243 e. The number of carbonyl (C=O) groups is 16. The predicted molar refractivity (Wildman–Crippen MR) is 452 cm³/mol. The van der Waals surface area contributed by atoms with Crippen LogP contribution >= 0.6 is 11.8 Å². The van der Waals surface area contributed by atoms with Crippen molar-refractivity contribution in [3.63, 3.8) is 0 Å². The highest BCUT2D eigenvalue weighted by atomic mass is 32.2. The summed E-state index contributed by atoms with van der Waals surface area (Å²) in [5, 5.41) is 62.4. The van der Waals surface area contributed by atoms with Gasteiger partial charge in [-0.15, -0.1) is 0 Å². The van der Waals surface area contributed by atoms with Gasteiger partial charge in [-0.05, 0) is 145 Å². The average molecular weight is 1720 g/mol. The van der Waals surface area contributed by atoms with E-state index in [4.69, 9.17) is 67.8 Å². The molecule has 0 fully saturated rings. The zero-order valence-corrected chi connectivity index (χ0v) is 69.6. The summed E-state index contributed by atoms with van der Waals surface area (Å²) in [4.78, 5) is 226. The lowest BCUT2D eigenvalue weighted by Crippen LogP contribution is -2.61. The molecule has 2 aromatic carbocycles. The van der Waals surface area contributed by atoms with E-state index in [2.05, 4.69) is 84.7 Å². The molecule has 45 heteroatoms. The molecule has 0 saturated carbocycles. The fourth-order valence-corrected chi connectivity index (χ4v) is 13.0. The standard InChI is InChI=1S/C76H124N28O16S/c1-41(2)61(73(120)101-51(25-16-35-91-76(87)88)63(110)94-47(62(82)109)21-10-12-31-77)104-69(116)48(22-11-13-32-78)95-64(111)49(23-14-33-89-74(83)84)97-68(115)54(30-36-121-4)100-72(119)57(39-60(81)108)103-65(112)50(24-15-34-90-75(85)86)96-66(113)52(26-28-58(79)106)99-71(118)56(38-44-40-92-46-20-9-8-19-45(44)46)102-67(114)53(27-29-59(80)107)98-70(117)55(93-42(3)105)37-43-17-6-5-7-18-43/h5-9,17-20,40-41,47-57,61,92H,10-16,21-39,77-78H2,1-4H3,(H2,79,106)(H2,80,107)(H2,81,108)(H2,82,109)(H,93,105)(H,94,110)(H,95,111)(H,96,113)(H,97,115)(H,98,117)(H,99,118)(H,100,119)(H,101,120)(H,102,114)(H,103,112)(H,104,116)(H4,83,84,89)(H4,85,86,90)(H4,87,88,91)/t47-,48?,49-,50?,51?,52-,53-,54?,55?,56?,57-,61-/m0/s1. The van der Waals surface area contributed by atoms with Crippen LogP contribution in [0.2, 0.25) is 0 Å². The molecule has 0 radical (unpaired) electrons. The SMILES string of the molecule is CSCCC(NC(=O)[C@H](CC(N)=O)NC(=O)C(CCCNC(=N)N)NC(=O)[C@H](CCC(N)=O)NC(=O)C(Cc1c[nH]c2ccccc12)NC(=O)[C@H](CCC(N)=O)NC(=O)C(Cc1ccccc1)NC(C)=O)C(=O)N[C@@H](CCCNC(=N)N)C(=O)NC(CCCCN)C(=O)N[C@H](C(=O)NC(CCCNC(=N)N)C(=O)N[C@@H](CCCCN)C(N)=O)C(C)C. The van der Waals surface area contributed by atoms with Gasteiger partial charge >= 0.3 is 0 Å². The van der Waals surface area contributed by atoms with E-state index in [9.17, 15) is 76.7 Å². The van der Waals surface area contributed by atoms with Crippen molar-refractivity contribution in [1.82, 2.24) is 84.7 Å². The highest BCUT2D eigenvalue weighted by molar-refractivity contribution is 7.98. The van der Waals surface area contributed by atoms with Gasteiger partial charge in [0.1, 0.15) is 72.5 Å². The Balaban J connectivity index is 2.07. The molecule has 0 aliphatic carbocycles. The minimum atomic E-state index is -1.94. The molecule has 121 heavy (non-hydrogen) atoms. The Hall–Kier alpha value is -12.4. The molecule has 3 aromatic rings. The number of H-pyrrole nitrogens is 1. The fourth-order valence-electron chi connectivity index (χ4n) is 12.5. The lowest BCUT2D eigenvalue weighted by atomic mass is 10.00. The van der Waals surface area contributed by atoms with Crippen molar-refractivity contribution < 1.29 is 76.7 Å². The van der Waals surface area contributed by atoms with Crippen LogP contribution < -0.4 is 131 Å². The van der Waals surface area contributed by atoms with Crippen LogP contribution in [0.3, 0.4) is 0 Å². The van der Waals surface area contributed by atoms with E-state index in [0.717, 1.165) is 0 Å². The van der Waals surface area contributed by atoms with E-state index in [1.807, 2.05) is 0 Å². The number of primary amides is 4. The van der Waals surface area contributed by atoms with Crippen molar-refractivity contribution in [2.45, 2.75) is 222 Å². The molecule has 12 atom stereocenters. The summed E-state index contributed by atoms with van der Waals surface area (Å²) in [5.41, 5.74) is 52.2. The number of guanidine groups is 3. The quantitative estimate of drug-likeness (QED) is 0.0142. The Morgan fingerprint density at radius 1 is 0.380 bits per heavy atom. The number of hydrogen-bond acceptors (Lipinski definition) is 22. The van der Waals surface area contributed by atoms with Gasteiger partial charge in [0.25, 0.3) is 0 Å². The predicted octanol–water partition coefficient (Wildman–Crippen LogP) is -6.86. The molecule has 6 unspecified atom stereocenters. The monoisotopic (exact) mass is 1720 g/mol. The topological polar surface area (TPSA) is 775 Å². The maximum atomic E-state index is 15.0. The second-order valence-electron chi connectivity index (χ2n) is 29.2. The Bertz CT molecular complexity index is 4000. The Morgan fingerprint density at radius 2 is 0.727 bits per heavy atom. The summed E-state index contributed by atoms with van der Waals surface area (Å²) in [7, 11) is 0. The largest absolute Gasteiger partial charge is 0.370 e. The number of hydrogen-bond donors (Lipinski definition) is 28. The number of aromatic amines is 1. The molecular formula is C76H124N28O16S. The number of thioether (sulfide) groups is 1. The molecule has 0 aliphatic heterocycles. The maximum Gasteiger partial charge on any atom is 0.243 e. The lowest BCUT2D eigenvalue weighted by Gasteiger charge is -2.29. The molecule has 16 amide bonds. The van der Waals surface area contributed by atoms with Crippen LogP contribution in [-0.4, -0.2) is 235 Å². The summed E-state index contributed by atoms with van der Waals surface area (Å²) in [5.74, 6) is -17.1. The summed E-state index contributed by atoms with van der Waals surface area (Å²) in [6.45, 7) is 4.87. The Morgan fingerprint density at radius 3 is 1.12 bits per heavy atom.